The van der Waals surface area contributed by atoms with Gasteiger partial charge in [0, 0.05) is 12.1 Å². The Hall–Kier alpha value is -1.47. The lowest BCUT2D eigenvalue weighted by atomic mass is 10.0. The van der Waals surface area contributed by atoms with Crippen LogP contribution in [0.2, 0.25) is 0 Å². The zero-order valence-corrected chi connectivity index (χ0v) is 8.86. The Bertz CT molecular complexity index is 402. The van der Waals surface area contributed by atoms with E-state index in [1.807, 2.05) is 19.2 Å². The van der Waals surface area contributed by atoms with E-state index in [-0.39, 0.29) is 0 Å². The molecule has 3 nitrogen and oxygen atoms in total. The normalized spacial score (nSPS) is 16.3. The van der Waals surface area contributed by atoms with E-state index in [0.29, 0.717) is 11.6 Å². The SMILES string of the molecule is Cc1cnc(C2CCCC2)c(N=C=O)c1. The van der Waals surface area contributed by atoms with E-state index >= 15 is 0 Å². The Morgan fingerprint density at radius 2 is 2.20 bits per heavy atom. The van der Waals surface area contributed by atoms with Gasteiger partial charge in [-0.15, -0.1) is 0 Å². The van der Waals surface area contributed by atoms with Gasteiger partial charge >= 0.3 is 0 Å². The van der Waals surface area contributed by atoms with Gasteiger partial charge in [0.15, 0.2) is 0 Å². The van der Waals surface area contributed by atoms with Crippen molar-refractivity contribution in [2.24, 2.45) is 4.99 Å². The second-order valence-corrected chi connectivity index (χ2v) is 4.10. The van der Waals surface area contributed by atoms with E-state index in [0.717, 1.165) is 24.1 Å². The van der Waals surface area contributed by atoms with Gasteiger partial charge in [0.05, 0.1) is 11.4 Å². The molecule has 1 aliphatic rings. The third kappa shape index (κ3) is 2.13. The molecule has 0 amide bonds. The number of nitrogens with zero attached hydrogens (tertiary/aromatic N) is 2. The summed E-state index contributed by atoms with van der Waals surface area (Å²) in [6, 6.07) is 1.91. The maximum Gasteiger partial charge on any atom is 0.240 e. The molecule has 78 valence electrons. The summed E-state index contributed by atoms with van der Waals surface area (Å²) < 4.78 is 0. The monoisotopic (exact) mass is 202 g/mol. The summed E-state index contributed by atoms with van der Waals surface area (Å²) >= 11 is 0. The second-order valence-electron chi connectivity index (χ2n) is 4.10. The van der Waals surface area contributed by atoms with Gasteiger partial charge in [0.25, 0.3) is 0 Å². The number of hydrogen-bond donors (Lipinski definition) is 0. The maximum atomic E-state index is 10.3. The van der Waals surface area contributed by atoms with Gasteiger partial charge in [-0.2, -0.15) is 4.99 Å². The molecule has 2 rings (SSSR count). The van der Waals surface area contributed by atoms with Crippen LogP contribution in [-0.2, 0) is 4.79 Å². The average molecular weight is 202 g/mol. The van der Waals surface area contributed by atoms with E-state index in [1.165, 1.54) is 12.8 Å². The number of isocyanates is 1. The van der Waals surface area contributed by atoms with Crippen LogP contribution in [-0.4, -0.2) is 11.1 Å². The molecule has 1 heterocycles. The minimum atomic E-state index is 0.484. The molecule has 0 radical (unpaired) electrons. The topological polar surface area (TPSA) is 42.3 Å². The molecule has 0 atom stereocenters. The van der Waals surface area contributed by atoms with Crippen molar-refractivity contribution in [1.82, 2.24) is 4.98 Å². The number of aliphatic imine (C=N–C) groups is 1. The molecule has 0 aromatic carbocycles. The van der Waals surface area contributed by atoms with Gasteiger partial charge in [-0.3, -0.25) is 4.98 Å². The van der Waals surface area contributed by atoms with Crippen LogP contribution in [0.3, 0.4) is 0 Å². The Morgan fingerprint density at radius 3 is 2.87 bits per heavy atom. The van der Waals surface area contributed by atoms with Crippen LogP contribution in [0.25, 0.3) is 0 Å². The van der Waals surface area contributed by atoms with Crippen LogP contribution in [0.1, 0.15) is 42.9 Å². The molecular weight excluding hydrogens is 188 g/mol. The highest BCUT2D eigenvalue weighted by molar-refractivity contribution is 5.53. The predicted octanol–water partition coefficient (Wildman–Crippen LogP) is 3.01. The maximum absolute atomic E-state index is 10.3. The van der Waals surface area contributed by atoms with Crippen LogP contribution < -0.4 is 0 Å². The molecule has 1 saturated carbocycles. The van der Waals surface area contributed by atoms with Crippen LogP contribution in [0.4, 0.5) is 5.69 Å². The molecule has 0 unspecified atom stereocenters. The van der Waals surface area contributed by atoms with E-state index in [2.05, 4.69) is 9.98 Å². The lowest BCUT2D eigenvalue weighted by Gasteiger charge is -2.10. The van der Waals surface area contributed by atoms with Gasteiger partial charge in [-0.05, 0) is 31.4 Å². The lowest BCUT2D eigenvalue weighted by molar-refractivity contribution is 0.565. The zero-order valence-electron chi connectivity index (χ0n) is 8.86. The number of aryl methyl sites for hydroxylation is 1. The molecule has 1 aliphatic carbocycles. The van der Waals surface area contributed by atoms with Gasteiger partial charge in [0.2, 0.25) is 6.08 Å². The highest BCUT2D eigenvalue weighted by Gasteiger charge is 2.21. The van der Waals surface area contributed by atoms with E-state index in [9.17, 15) is 4.79 Å². The van der Waals surface area contributed by atoms with Crippen molar-refractivity contribution in [3.8, 4) is 0 Å². The Kier molecular flexibility index (Phi) is 2.93. The quantitative estimate of drug-likeness (QED) is 0.546. The fraction of sp³-hybridized carbons (Fsp3) is 0.500. The molecule has 0 aliphatic heterocycles. The van der Waals surface area contributed by atoms with Gasteiger partial charge in [-0.25, -0.2) is 4.79 Å². The summed E-state index contributed by atoms with van der Waals surface area (Å²) in [4.78, 5) is 18.5. The van der Waals surface area contributed by atoms with Crippen molar-refractivity contribution < 1.29 is 4.79 Å². The number of rotatable bonds is 2. The molecule has 0 saturated heterocycles. The summed E-state index contributed by atoms with van der Waals surface area (Å²) in [6.45, 7) is 1.95. The Labute approximate surface area is 89.3 Å². The third-order valence-electron chi connectivity index (χ3n) is 2.94. The second kappa shape index (κ2) is 4.37. The van der Waals surface area contributed by atoms with Gasteiger partial charge in [0.1, 0.15) is 0 Å². The van der Waals surface area contributed by atoms with Crippen molar-refractivity contribution in [3.63, 3.8) is 0 Å². The van der Waals surface area contributed by atoms with Crippen molar-refractivity contribution in [3.05, 3.63) is 23.5 Å². The van der Waals surface area contributed by atoms with Gasteiger partial charge < -0.3 is 0 Å². The Balaban J connectivity index is 2.40. The molecule has 1 fully saturated rings. The largest absolute Gasteiger partial charge is 0.258 e. The third-order valence-corrected chi connectivity index (χ3v) is 2.94. The Morgan fingerprint density at radius 1 is 1.47 bits per heavy atom. The molecular formula is C12H14N2O. The first-order valence-electron chi connectivity index (χ1n) is 5.35. The highest BCUT2D eigenvalue weighted by atomic mass is 16.1. The predicted molar refractivity (Wildman–Crippen MR) is 58.0 cm³/mol. The summed E-state index contributed by atoms with van der Waals surface area (Å²) in [5.41, 5.74) is 2.71. The van der Waals surface area contributed by atoms with Crippen LogP contribution >= 0.6 is 0 Å². The summed E-state index contributed by atoms with van der Waals surface area (Å²) in [5, 5.41) is 0. The average Bonchev–Trinajstić information content (AvgIpc) is 2.71. The van der Waals surface area contributed by atoms with Crippen molar-refractivity contribution in [1.29, 1.82) is 0 Å². The molecule has 0 N–H and O–H groups in total. The summed E-state index contributed by atoms with van der Waals surface area (Å²) in [5.74, 6) is 0.484. The summed E-state index contributed by atoms with van der Waals surface area (Å²) in [6.07, 6.45) is 8.29. The summed E-state index contributed by atoms with van der Waals surface area (Å²) in [7, 11) is 0. The standard InChI is InChI=1S/C12H14N2O/c1-9-6-11(14-8-15)12(13-7-9)10-4-2-3-5-10/h6-7,10H,2-5H2,1H3. The molecule has 3 heteroatoms. The number of pyridine rings is 1. The van der Waals surface area contributed by atoms with Gasteiger partial charge in [-0.1, -0.05) is 12.8 Å². The first-order chi connectivity index (χ1) is 7.31. The van der Waals surface area contributed by atoms with E-state index in [1.54, 1.807) is 6.08 Å². The fourth-order valence-corrected chi connectivity index (χ4v) is 2.22. The highest BCUT2D eigenvalue weighted by Crippen LogP contribution is 2.37. The molecule has 1 aromatic heterocycles. The van der Waals surface area contributed by atoms with E-state index in [4.69, 9.17) is 0 Å². The van der Waals surface area contributed by atoms with Crippen LogP contribution in [0, 0.1) is 6.92 Å². The number of carbonyl (C=O) groups excluding carboxylic acids is 1. The first-order valence-corrected chi connectivity index (χ1v) is 5.35. The van der Waals surface area contributed by atoms with Crippen LogP contribution in [0.5, 0.6) is 0 Å². The van der Waals surface area contributed by atoms with Crippen LogP contribution in [0.15, 0.2) is 17.3 Å². The minimum Gasteiger partial charge on any atom is -0.258 e. The van der Waals surface area contributed by atoms with E-state index < -0.39 is 0 Å². The molecule has 1 aromatic rings. The molecule has 0 spiro atoms. The number of aromatic nitrogens is 1. The first kappa shape index (κ1) is 10.1. The minimum absolute atomic E-state index is 0.484. The smallest absolute Gasteiger partial charge is 0.240 e. The lowest BCUT2D eigenvalue weighted by Crippen LogP contribution is -1.97. The molecule has 15 heavy (non-hydrogen) atoms. The van der Waals surface area contributed by atoms with Crippen molar-refractivity contribution in [2.75, 3.05) is 0 Å². The number of hydrogen-bond acceptors (Lipinski definition) is 3. The van der Waals surface area contributed by atoms with Crippen molar-refractivity contribution in [2.45, 2.75) is 38.5 Å². The molecule has 0 bridgehead atoms. The zero-order chi connectivity index (χ0) is 10.7. The van der Waals surface area contributed by atoms with Crippen molar-refractivity contribution >= 4 is 11.8 Å². The fourth-order valence-electron chi connectivity index (χ4n) is 2.22.